The standard InChI is InChI=1S/C3H5I2N/c4-3-1-6(5)2-3/h3H,1-2H2. The molecule has 0 spiro atoms. The molecule has 1 aliphatic heterocycles. The van der Waals surface area contributed by atoms with E-state index in [4.69, 9.17) is 0 Å². The van der Waals surface area contributed by atoms with Crippen LogP contribution in [-0.4, -0.2) is 20.1 Å². The molecule has 3 heteroatoms. The lowest BCUT2D eigenvalue weighted by Gasteiger charge is -2.29. The van der Waals surface area contributed by atoms with Crippen molar-refractivity contribution in [2.24, 2.45) is 0 Å². The summed E-state index contributed by atoms with van der Waals surface area (Å²) in [6, 6.07) is 0. The Bertz CT molecular complexity index is 44.8. The molecular formula is C3H5I2N. The van der Waals surface area contributed by atoms with Crippen molar-refractivity contribution in [3.8, 4) is 0 Å². The molecule has 1 fully saturated rings. The van der Waals surface area contributed by atoms with Crippen molar-refractivity contribution in [2.75, 3.05) is 13.1 Å². The van der Waals surface area contributed by atoms with Crippen LogP contribution in [0.3, 0.4) is 0 Å². The maximum atomic E-state index is 2.46. The lowest BCUT2D eigenvalue weighted by Crippen LogP contribution is -2.39. The summed E-state index contributed by atoms with van der Waals surface area (Å²) in [5, 5.41) is 0. The Hall–Kier alpha value is 1.42. The summed E-state index contributed by atoms with van der Waals surface area (Å²) in [5.74, 6) is 0. The van der Waals surface area contributed by atoms with Crippen LogP contribution in [0.5, 0.6) is 0 Å². The van der Waals surface area contributed by atoms with Crippen LogP contribution in [0, 0.1) is 0 Å². The van der Waals surface area contributed by atoms with Crippen LogP contribution in [0.2, 0.25) is 0 Å². The van der Waals surface area contributed by atoms with Crippen molar-refractivity contribution in [3.63, 3.8) is 0 Å². The first kappa shape index (κ1) is 5.55. The Morgan fingerprint density at radius 2 is 2.00 bits per heavy atom. The Kier molecular flexibility index (Phi) is 1.97. The summed E-state index contributed by atoms with van der Waals surface area (Å²) >= 11 is 4.80. The molecule has 1 aliphatic rings. The van der Waals surface area contributed by atoms with E-state index in [0.29, 0.717) is 0 Å². The fraction of sp³-hybridized carbons (Fsp3) is 1.00. The molecule has 0 aromatic carbocycles. The van der Waals surface area contributed by atoms with Crippen LogP contribution in [0.15, 0.2) is 0 Å². The number of rotatable bonds is 0. The van der Waals surface area contributed by atoms with Gasteiger partial charge in [-0.1, -0.05) is 22.6 Å². The van der Waals surface area contributed by atoms with Gasteiger partial charge < -0.3 is 0 Å². The number of alkyl halides is 1. The molecule has 0 aromatic heterocycles. The second-order valence-corrected chi connectivity index (χ2v) is 4.55. The quantitative estimate of drug-likeness (QED) is 0.372. The predicted molar refractivity (Wildman–Crippen MR) is 43.4 cm³/mol. The van der Waals surface area contributed by atoms with Crippen molar-refractivity contribution in [2.45, 2.75) is 3.92 Å². The lowest BCUT2D eigenvalue weighted by molar-refractivity contribution is 0.402. The van der Waals surface area contributed by atoms with Gasteiger partial charge >= 0.3 is 0 Å². The second kappa shape index (κ2) is 2.13. The van der Waals surface area contributed by atoms with Crippen molar-refractivity contribution in [3.05, 3.63) is 0 Å². The highest BCUT2D eigenvalue weighted by Crippen LogP contribution is 2.19. The van der Waals surface area contributed by atoms with Crippen molar-refractivity contribution >= 4 is 45.5 Å². The molecule has 6 heavy (non-hydrogen) atoms. The van der Waals surface area contributed by atoms with Crippen LogP contribution in [0.4, 0.5) is 0 Å². The van der Waals surface area contributed by atoms with Gasteiger partial charge in [0.05, 0.1) is 0 Å². The maximum Gasteiger partial charge on any atom is 0.0380 e. The van der Waals surface area contributed by atoms with E-state index < -0.39 is 0 Å². The third-order valence-corrected chi connectivity index (χ3v) is 2.37. The van der Waals surface area contributed by atoms with Gasteiger partial charge in [0.15, 0.2) is 0 Å². The number of halogens is 2. The van der Waals surface area contributed by atoms with Crippen molar-refractivity contribution in [1.82, 2.24) is 3.11 Å². The van der Waals surface area contributed by atoms with Crippen molar-refractivity contribution < 1.29 is 0 Å². The minimum absolute atomic E-state index is 0.930. The zero-order valence-electron chi connectivity index (χ0n) is 3.19. The molecule has 0 amide bonds. The number of nitrogens with zero attached hydrogens (tertiary/aromatic N) is 1. The molecular weight excluding hydrogens is 304 g/mol. The van der Waals surface area contributed by atoms with E-state index in [0.717, 1.165) is 3.92 Å². The highest BCUT2D eigenvalue weighted by Gasteiger charge is 2.20. The third-order valence-electron chi connectivity index (χ3n) is 0.792. The molecule has 1 saturated heterocycles. The zero-order chi connectivity index (χ0) is 4.57. The van der Waals surface area contributed by atoms with Gasteiger partial charge in [0.1, 0.15) is 0 Å². The van der Waals surface area contributed by atoms with Gasteiger partial charge in [-0.3, -0.25) is 0 Å². The van der Waals surface area contributed by atoms with E-state index in [1.165, 1.54) is 13.1 Å². The van der Waals surface area contributed by atoms with Gasteiger partial charge in [0, 0.05) is 39.9 Å². The maximum absolute atomic E-state index is 2.46. The summed E-state index contributed by atoms with van der Waals surface area (Å²) in [6.45, 7) is 2.56. The molecule has 0 atom stereocenters. The van der Waals surface area contributed by atoms with Gasteiger partial charge in [0.25, 0.3) is 0 Å². The fourth-order valence-corrected chi connectivity index (χ4v) is 3.79. The largest absolute Gasteiger partial charge is 0.245 e. The van der Waals surface area contributed by atoms with E-state index in [-0.39, 0.29) is 0 Å². The third kappa shape index (κ3) is 1.19. The zero-order valence-corrected chi connectivity index (χ0v) is 7.51. The van der Waals surface area contributed by atoms with E-state index in [1.807, 2.05) is 0 Å². The van der Waals surface area contributed by atoms with Crippen LogP contribution < -0.4 is 0 Å². The highest BCUT2D eigenvalue weighted by molar-refractivity contribution is 14.1. The molecule has 36 valence electrons. The van der Waals surface area contributed by atoms with E-state index in [1.54, 1.807) is 0 Å². The van der Waals surface area contributed by atoms with Crippen LogP contribution >= 0.6 is 45.5 Å². The van der Waals surface area contributed by atoms with Gasteiger partial charge in [-0.15, -0.1) is 0 Å². The van der Waals surface area contributed by atoms with E-state index >= 15 is 0 Å². The summed E-state index contributed by atoms with van der Waals surface area (Å²) in [5.41, 5.74) is 0. The minimum Gasteiger partial charge on any atom is -0.245 e. The van der Waals surface area contributed by atoms with Crippen molar-refractivity contribution in [1.29, 1.82) is 0 Å². The topological polar surface area (TPSA) is 3.24 Å². The summed E-state index contributed by atoms with van der Waals surface area (Å²) in [7, 11) is 0. The molecule has 0 N–H and O–H groups in total. The first-order valence-corrected chi connectivity index (χ1v) is 4.05. The van der Waals surface area contributed by atoms with E-state index in [9.17, 15) is 0 Å². The molecule has 1 heterocycles. The molecule has 0 saturated carbocycles. The molecule has 0 unspecified atom stereocenters. The van der Waals surface area contributed by atoms with Gasteiger partial charge in [-0.25, -0.2) is 3.11 Å². The number of hydrogen-bond acceptors (Lipinski definition) is 1. The lowest BCUT2D eigenvalue weighted by atomic mass is 10.3. The minimum atomic E-state index is 0.930. The van der Waals surface area contributed by atoms with Gasteiger partial charge in [-0.2, -0.15) is 0 Å². The molecule has 0 aliphatic carbocycles. The Labute approximate surface area is 65.1 Å². The molecule has 0 radical (unpaired) electrons. The SMILES string of the molecule is IC1CN(I)C1. The summed E-state index contributed by atoms with van der Waals surface area (Å²) in [6.07, 6.45) is 0. The second-order valence-electron chi connectivity index (χ2n) is 1.43. The number of hydrogen-bond donors (Lipinski definition) is 0. The predicted octanol–water partition coefficient (Wildman–Crippen LogP) is 1.46. The van der Waals surface area contributed by atoms with Crippen LogP contribution in [0.1, 0.15) is 0 Å². The van der Waals surface area contributed by atoms with Gasteiger partial charge in [0.2, 0.25) is 0 Å². The summed E-state index contributed by atoms with van der Waals surface area (Å²) in [4.78, 5) is 0. The van der Waals surface area contributed by atoms with Gasteiger partial charge in [-0.05, 0) is 0 Å². The monoisotopic (exact) mass is 309 g/mol. The fourth-order valence-electron chi connectivity index (χ4n) is 0.376. The smallest absolute Gasteiger partial charge is 0.0380 e. The molecule has 0 aromatic rings. The normalized spacial score (nSPS) is 27.0. The highest BCUT2D eigenvalue weighted by atomic mass is 127. The Balaban J connectivity index is 2.11. The Morgan fingerprint density at radius 3 is 2.00 bits per heavy atom. The summed E-state index contributed by atoms with van der Waals surface area (Å²) < 4.78 is 3.22. The average molecular weight is 309 g/mol. The Morgan fingerprint density at radius 1 is 1.50 bits per heavy atom. The molecule has 0 bridgehead atoms. The average Bonchev–Trinajstić information content (AvgIpc) is 1.33. The first-order valence-electron chi connectivity index (χ1n) is 1.84. The molecule has 1 rings (SSSR count). The van der Waals surface area contributed by atoms with Crippen LogP contribution in [-0.2, 0) is 0 Å². The first-order chi connectivity index (χ1) is 2.79. The van der Waals surface area contributed by atoms with Crippen LogP contribution in [0.25, 0.3) is 0 Å². The molecule has 1 nitrogen and oxygen atoms in total. The van der Waals surface area contributed by atoms with E-state index in [2.05, 4.69) is 48.6 Å².